The lowest BCUT2D eigenvalue weighted by atomic mass is 9.99. The molecule has 5 nitrogen and oxygen atoms in total. The average molecular weight is 411 g/mol. The number of anilines is 1. The van der Waals surface area contributed by atoms with Gasteiger partial charge in [-0.05, 0) is 35.8 Å². The molecule has 0 aliphatic carbocycles. The van der Waals surface area contributed by atoms with Gasteiger partial charge in [-0.2, -0.15) is 18.4 Å². The van der Waals surface area contributed by atoms with Gasteiger partial charge >= 0.3 is 12.1 Å². The van der Waals surface area contributed by atoms with E-state index in [1.54, 1.807) is 11.4 Å². The minimum atomic E-state index is -5.02. The van der Waals surface area contributed by atoms with Crippen LogP contribution in [0.3, 0.4) is 0 Å². The number of nitriles is 1. The summed E-state index contributed by atoms with van der Waals surface area (Å²) in [4.78, 5) is 27.1. The Morgan fingerprint density at radius 1 is 1.20 bits per heavy atom. The first-order valence-corrected chi connectivity index (χ1v) is 8.98. The number of allylic oxidation sites excluding steroid dienone is 1. The molecule has 8 heteroatoms. The highest BCUT2D eigenvalue weighted by Crippen LogP contribution is 2.25. The molecule has 0 aliphatic rings. The van der Waals surface area contributed by atoms with Crippen LogP contribution in [0.4, 0.5) is 18.9 Å². The van der Waals surface area contributed by atoms with Crippen molar-refractivity contribution in [2.75, 3.05) is 5.32 Å². The van der Waals surface area contributed by atoms with Crippen LogP contribution in [-0.4, -0.2) is 22.9 Å². The summed E-state index contributed by atoms with van der Waals surface area (Å²) in [5, 5.41) is 11.9. The Morgan fingerprint density at radius 3 is 2.60 bits per heavy atom. The van der Waals surface area contributed by atoms with Crippen LogP contribution in [0.25, 0.3) is 17.0 Å². The molecule has 0 aliphatic heterocycles. The summed E-state index contributed by atoms with van der Waals surface area (Å²) in [6.07, 6.45) is -1.44. The number of hydrogen-bond acceptors (Lipinski definition) is 3. The number of amides is 1. The molecule has 152 valence electrons. The second-order valence-electron chi connectivity index (χ2n) is 6.47. The number of para-hydroxylation sites is 1. The minimum absolute atomic E-state index is 0.101. The second kappa shape index (κ2) is 8.25. The number of nitrogens with zero attached hydrogens (tertiary/aromatic N) is 1. The number of carbonyl (C=O) groups is 2. The largest absolute Gasteiger partial charge is 0.471 e. The van der Waals surface area contributed by atoms with Crippen LogP contribution < -0.4 is 5.32 Å². The second-order valence-corrected chi connectivity index (χ2v) is 6.47. The van der Waals surface area contributed by atoms with Crippen molar-refractivity contribution in [2.45, 2.75) is 19.5 Å². The predicted molar refractivity (Wildman–Crippen MR) is 107 cm³/mol. The number of nitrogens with one attached hydrogen (secondary N) is 2. The zero-order chi connectivity index (χ0) is 21.9. The molecule has 2 aromatic carbocycles. The lowest BCUT2D eigenvalue weighted by molar-refractivity contribution is -0.167. The van der Waals surface area contributed by atoms with E-state index in [9.17, 15) is 28.0 Å². The van der Waals surface area contributed by atoms with Crippen LogP contribution in [0.15, 0.2) is 54.2 Å². The fraction of sp³-hybridized carbons (Fsp3) is 0.136. The molecule has 0 bridgehead atoms. The number of alkyl halides is 3. The number of fused-ring (bicyclic) bond motifs is 1. The Bertz CT molecular complexity index is 1200. The van der Waals surface area contributed by atoms with Crippen molar-refractivity contribution in [2.24, 2.45) is 0 Å². The molecule has 3 rings (SSSR count). The summed E-state index contributed by atoms with van der Waals surface area (Å²) in [5.74, 6) is -2.62. The summed E-state index contributed by atoms with van der Waals surface area (Å²) in [5.41, 5.74) is 2.19. The summed E-state index contributed by atoms with van der Waals surface area (Å²) < 4.78 is 37.3. The third kappa shape index (κ3) is 4.25. The quantitative estimate of drug-likeness (QED) is 0.351. The molecule has 0 fully saturated rings. The molecule has 0 unspecified atom stereocenters. The number of halogens is 3. The third-order valence-electron chi connectivity index (χ3n) is 4.51. The lowest BCUT2D eigenvalue weighted by Crippen LogP contribution is -2.29. The number of benzene rings is 2. The Morgan fingerprint density at radius 2 is 1.93 bits per heavy atom. The van der Waals surface area contributed by atoms with E-state index in [0.29, 0.717) is 16.5 Å². The van der Waals surface area contributed by atoms with Gasteiger partial charge in [0, 0.05) is 28.4 Å². The van der Waals surface area contributed by atoms with Crippen molar-refractivity contribution in [1.82, 2.24) is 4.98 Å². The van der Waals surface area contributed by atoms with Gasteiger partial charge in [0.05, 0.1) is 0 Å². The number of ketones is 1. The smallest absolute Gasteiger partial charge is 0.360 e. The van der Waals surface area contributed by atoms with Crippen molar-refractivity contribution in [3.8, 4) is 6.07 Å². The van der Waals surface area contributed by atoms with E-state index >= 15 is 0 Å². The summed E-state index contributed by atoms with van der Waals surface area (Å²) in [6.45, 7) is 1.99. The van der Waals surface area contributed by atoms with Crippen LogP contribution in [-0.2, 0) is 11.2 Å². The molecular formula is C22H16F3N3O2. The number of hydrogen-bond donors (Lipinski definition) is 2. The molecule has 0 saturated heterocycles. The molecule has 30 heavy (non-hydrogen) atoms. The molecule has 1 amide bonds. The van der Waals surface area contributed by atoms with E-state index in [2.05, 4.69) is 4.98 Å². The van der Waals surface area contributed by atoms with Gasteiger partial charge < -0.3 is 10.3 Å². The van der Waals surface area contributed by atoms with Crippen molar-refractivity contribution < 1.29 is 22.8 Å². The minimum Gasteiger partial charge on any atom is -0.360 e. The van der Waals surface area contributed by atoms with E-state index < -0.39 is 17.9 Å². The van der Waals surface area contributed by atoms with Crippen molar-refractivity contribution in [3.63, 3.8) is 0 Å². The molecule has 1 aromatic heterocycles. The van der Waals surface area contributed by atoms with Crippen LogP contribution in [0.1, 0.15) is 28.4 Å². The molecular weight excluding hydrogens is 395 g/mol. The fourth-order valence-electron chi connectivity index (χ4n) is 3.07. The SMILES string of the molecule is CCc1cccc2c(C(=O)/C(C#N)=C/c3cccc(NC(=O)C(F)(F)F)c3)c[nH]c12. The molecule has 0 atom stereocenters. The van der Waals surface area contributed by atoms with Crippen LogP contribution in [0.2, 0.25) is 0 Å². The maximum absolute atomic E-state index is 12.9. The third-order valence-corrected chi connectivity index (χ3v) is 4.51. The van der Waals surface area contributed by atoms with E-state index in [1.165, 1.54) is 36.5 Å². The number of rotatable bonds is 5. The first-order chi connectivity index (χ1) is 14.2. The number of aromatic amines is 1. The number of H-pyrrole nitrogens is 1. The van der Waals surface area contributed by atoms with Crippen molar-refractivity contribution in [1.29, 1.82) is 5.26 Å². The highest BCUT2D eigenvalue weighted by Gasteiger charge is 2.38. The van der Waals surface area contributed by atoms with E-state index in [4.69, 9.17) is 0 Å². The van der Waals surface area contributed by atoms with Gasteiger partial charge in [0.2, 0.25) is 5.78 Å². The Balaban J connectivity index is 1.93. The van der Waals surface area contributed by atoms with E-state index in [0.717, 1.165) is 17.5 Å². The first kappa shape index (κ1) is 20.9. The maximum atomic E-state index is 12.9. The zero-order valence-electron chi connectivity index (χ0n) is 15.8. The van der Waals surface area contributed by atoms with Gasteiger partial charge in [0.1, 0.15) is 11.6 Å². The number of aryl methyl sites for hydroxylation is 1. The van der Waals surface area contributed by atoms with Crippen molar-refractivity contribution in [3.05, 3.63) is 70.9 Å². The Hall–Kier alpha value is -3.86. The highest BCUT2D eigenvalue weighted by molar-refractivity contribution is 6.20. The Labute approximate surface area is 169 Å². The average Bonchev–Trinajstić information content (AvgIpc) is 3.15. The van der Waals surface area contributed by atoms with Crippen LogP contribution in [0.5, 0.6) is 0 Å². The predicted octanol–water partition coefficient (Wildman–Crippen LogP) is 5.02. The van der Waals surface area contributed by atoms with E-state index in [1.807, 2.05) is 25.1 Å². The molecule has 0 spiro atoms. The summed E-state index contributed by atoms with van der Waals surface area (Å²) >= 11 is 0. The normalized spacial score (nSPS) is 11.9. The van der Waals surface area contributed by atoms with Gasteiger partial charge in [-0.1, -0.05) is 37.3 Å². The summed E-state index contributed by atoms with van der Waals surface area (Å²) in [6, 6.07) is 12.8. The fourth-order valence-corrected chi connectivity index (χ4v) is 3.07. The van der Waals surface area contributed by atoms with Gasteiger partial charge in [-0.25, -0.2) is 0 Å². The molecule has 2 N–H and O–H groups in total. The number of aromatic nitrogens is 1. The van der Waals surface area contributed by atoms with Gasteiger partial charge in [0.25, 0.3) is 0 Å². The molecule has 1 heterocycles. The standard InChI is InChI=1S/C22H16F3N3O2/c1-2-14-6-4-8-17-18(12-27-19(14)17)20(29)15(11-26)9-13-5-3-7-16(10-13)28-21(30)22(23,24)25/h3-10,12,27H,2H2,1H3,(H,28,30)/b15-9+. The summed E-state index contributed by atoms with van der Waals surface area (Å²) in [7, 11) is 0. The maximum Gasteiger partial charge on any atom is 0.471 e. The van der Waals surface area contributed by atoms with E-state index in [-0.39, 0.29) is 11.3 Å². The highest BCUT2D eigenvalue weighted by atomic mass is 19.4. The van der Waals surface area contributed by atoms with Crippen LogP contribution >= 0.6 is 0 Å². The van der Waals surface area contributed by atoms with Crippen molar-refractivity contribution >= 4 is 34.4 Å². The van der Waals surface area contributed by atoms with Gasteiger partial charge in [-0.3, -0.25) is 9.59 Å². The lowest BCUT2D eigenvalue weighted by Gasteiger charge is -2.08. The number of carbonyl (C=O) groups excluding carboxylic acids is 2. The zero-order valence-corrected chi connectivity index (χ0v) is 15.8. The molecule has 0 radical (unpaired) electrons. The Kier molecular flexibility index (Phi) is 5.74. The monoisotopic (exact) mass is 411 g/mol. The molecule has 0 saturated carbocycles. The van der Waals surface area contributed by atoms with Gasteiger partial charge in [0.15, 0.2) is 0 Å². The first-order valence-electron chi connectivity index (χ1n) is 8.98. The van der Waals surface area contributed by atoms with Crippen LogP contribution in [0, 0.1) is 11.3 Å². The van der Waals surface area contributed by atoms with Gasteiger partial charge in [-0.15, -0.1) is 0 Å². The number of Topliss-reactive ketones (excluding diaryl/α,β-unsaturated/α-hetero) is 1. The topological polar surface area (TPSA) is 85.8 Å². The molecule has 3 aromatic rings.